The van der Waals surface area contributed by atoms with Gasteiger partial charge in [-0.25, -0.2) is 14.3 Å². The molecular weight excluding hydrogens is 274 g/mol. The van der Waals surface area contributed by atoms with Crippen molar-refractivity contribution in [2.75, 3.05) is 0 Å². The number of fused-ring (bicyclic) bond motifs is 1. The zero-order valence-electron chi connectivity index (χ0n) is 11.5. The Bertz CT molecular complexity index is 718. The van der Waals surface area contributed by atoms with Crippen molar-refractivity contribution < 1.29 is 14.7 Å². The van der Waals surface area contributed by atoms with Gasteiger partial charge in [-0.05, 0) is 25.8 Å². The average Bonchev–Trinajstić information content (AvgIpc) is 3.06. The molecule has 1 saturated carbocycles. The van der Waals surface area contributed by atoms with Gasteiger partial charge < -0.3 is 10.4 Å². The van der Waals surface area contributed by atoms with Gasteiger partial charge in [0, 0.05) is 11.9 Å². The van der Waals surface area contributed by atoms with Gasteiger partial charge in [-0.3, -0.25) is 4.79 Å². The van der Waals surface area contributed by atoms with Crippen molar-refractivity contribution in [3.63, 3.8) is 0 Å². The summed E-state index contributed by atoms with van der Waals surface area (Å²) in [5.41, 5.74) is -0.405. The molecule has 0 aromatic carbocycles. The van der Waals surface area contributed by atoms with Crippen LogP contribution in [0.2, 0.25) is 0 Å². The number of carbonyl (C=O) groups excluding carboxylic acids is 1. The summed E-state index contributed by atoms with van der Waals surface area (Å²) in [7, 11) is 0. The van der Waals surface area contributed by atoms with E-state index in [1.54, 1.807) is 12.3 Å². The van der Waals surface area contributed by atoms with Crippen LogP contribution in [0.25, 0.3) is 5.78 Å². The van der Waals surface area contributed by atoms with Crippen LogP contribution in [0.3, 0.4) is 0 Å². The van der Waals surface area contributed by atoms with E-state index in [0.29, 0.717) is 18.6 Å². The van der Waals surface area contributed by atoms with Crippen molar-refractivity contribution in [3.8, 4) is 0 Å². The molecule has 2 aromatic rings. The van der Waals surface area contributed by atoms with E-state index in [9.17, 15) is 14.7 Å². The number of aliphatic carboxylic acids is 1. The molecule has 2 heterocycles. The fourth-order valence-electron chi connectivity index (χ4n) is 2.65. The minimum atomic E-state index is -1.20. The standard InChI is InChI=1S/C13H15N5O3/c1-8-4-7-14-12-15-9(17-18(8)12)10(19)16-13(11(20)21)5-2-3-6-13/h4,7H,2-3,5-6H2,1H3,(H,16,19)(H,20,21). The summed E-state index contributed by atoms with van der Waals surface area (Å²) in [6, 6.07) is 1.75. The maximum Gasteiger partial charge on any atom is 0.329 e. The Kier molecular flexibility index (Phi) is 3.08. The highest BCUT2D eigenvalue weighted by atomic mass is 16.4. The molecular formula is C13H15N5O3. The lowest BCUT2D eigenvalue weighted by molar-refractivity contribution is -0.144. The number of aromatic nitrogens is 4. The lowest BCUT2D eigenvalue weighted by Crippen LogP contribution is -2.52. The molecule has 110 valence electrons. The first-order valence-electron chi connectivity index (χ1n) is 6.76. The van der Waals surface area contributed by atoms with E-state index in [2.05, 4.69) is 20.4 Å². The zero-order chi connectivity index (χ0) is 15.0. The number of hydrogen-bond donors (Lipinski definition) is 2. The normalized spacial score (nSPS) is 17.0. The van der Waals surface area contributed by atoms with Gasteiger partial charge in [0.25, 0.3) is 11.7 Å². The SMILES string of the molecule is Cc1ccnc2nc(C(=O)NC3(C(=O)O)CCCC3)nn12. The van der Waals surface area contributed by atoms with Gasteiger partial charge in [-0.15, -0.1) is 5.10 Å². The Hall–Kier alpha value is -2.51. The minimum absolute atomic E-state index is 0.0654. The molecule has 1 fully saturated rings. The molecule has 0 bridgehead atoms. The smallest absolute Gasteiger partial charge is 0.329 e. The van der Waals surface area contributed by atoms with E-state index in [0.717, 1.165) is 18.5 Å². The lowest BCUT2D eigenvalue weighted by atomic mass is 9.98. The number of carboxylic acid groups (broad SMARTS) is 1. The van der Waals surface area contributed by atoms with Crippen LogP contribution in [-0.2, 0) is 4.79 Å². The molecule has 2 aromatic heterocycles. The first kappa shape index (κ1) is 13.5. The number of carbonyl (C=O) groups is 2. The summed E-state index contributed by atoms with van der Waals surface area (Å²) < 4.78 is 1.46. The number of rotatable bonds is 3. The summed E-state index contributed by atoms with van der Waals surface area (Å²) in [4.78, 5) is 31.8. The highest BCUT2D eigenvalue weighted by molar-refractivity contribution is 5.95. The molecule has 2 N–H and O–H groups in total. The van der Waals surface area contributed by atoms with Crippen molar-refractivity contribution in [2.45, 2.75) is 38.1 Å². The van der Waals surface area contributed by atoms with Crippen LogP contribution in [0.4, 0.5) is 0 Å². The number of nitrogens with one attached hydrogen (secondary N) is 1. The van der Waals surface area contributed by atoms with Gasteiger partial charge in [-0.2, -0.15) is 4.98 Å². The third kappa shape index (κ3) is 2.22. The van der Waals surface area contributed by atoms with E-state index in [1.807, 2.05) is 6.92 Å². The Morgan fingerprint density at radius 1 is 1.38 bits per heavy atom. The Morgan fingerprint density at radius 2 is 2.10 bits per heavy atom. The maximum absolute atomic E-state index is 12.3. The van der Waals surface area contributed by atoms with Crippen LogP contribution in [0, 0.1) is 6.92 Å². The molecule has 0 atom stereocenters. The van der Waals surface area contributed by atoms with Crippen LogP contribution < -0.4 is 5.32 Å². The van der Waals surface area contributed by atoms with E-state index in [1.165, 1.54) is 4.52 Å². The summed E-state index contributed by atoms with van der Waals surface area (Å²) in [5, 5.41) is 16.0. The van der Waals surface area contributed by atoms with Crippen molar-refractivity contribution in [2.24, 2.45) is 0 Å². The highest BCUT2D eigenvalue weighted by Crippen LogP contribution is 2.30. The summed E-state index contributed by atoms with van der Waals surface area (Å²) in [6.45, 7) is 1.82. The van der Waals surface area contributed by atoms with E-state index < -0.39 is 17.4 Å². The molecule has 0 saturated heterocycles. The Balaban J connectivity index is 1.90. The largest absolute Gasteiger partial charge is 0.480 e. The molecule has 0 spiro atoms. The molecule has 21 heavy (non-hydrogen) atoms. The van der Waals surface area contributed by atoms with E-state index >= 15 is 0 Å². The number of hydrogen-bond acceptors (Lipinski definition) is 5. The minimum Gasteiger partial charge on any atom is -0.480 e. The predicted octanol–water partition coefficient (Wildman–Crippen LogP) is 0.560. The van der Waals surface area contributed by atoms with Crippen molar-refractivity contribution in [3.05, 3.63) is 23.8 Å². The Morgan fingerprint density at radius 3 is 2.71 bits per heavy atom. The monoisotopic (exact) mass is 289 g/mol. The van der Waals surface area contributed by atoms with Crippen LogP contribution in [-0.4, -0.2) is 42.1 Å². The molecule has 0 aliphatic heterocycles. The van der Waals surface area contributed by atoms with Gasteiger partial charge in [0.15, 0.2) is 0 Å². The third-order valence-corrected chi connectivity index (χ3v) is 3.85. The Labute approximate surface area is 120 Å². The first-order valence-corrected chi connectivity index (χ1v) is 6.76. The van der Waals surface area contributed by atoms with Crippen molar-refractivity contribution >= 4 is 17.7 Å². The molecule has 0 radical (unpaired) electrons. The lowest BCUT2D eigenvalue weighted by Gasteiger charge is -2.24. The second-order valence-corrected chi connectivity index (χ2v) is 5.28. The molecule has 1 aliphatic carbocycles. The number of amides is 1. The van der Waals surface area contributed by atoms with Crippen molar-refractivity contribution in [1.29, 1.82) is 0 Å². The number of aryl methyl sites for hydroxylation is 1. The summed E-state index contributed by atoms with van der Waals surface area (Å²) >= 11 is 0. The molecule has 3 rings (SSSR count). The summed E-state index contributed by atoms with van der Waals surface area (Å²) in [5.74, 6) is -1.34. The van der Waals surface area contributed by atoms with E-state index in [-0.39, 0.29) is 5.82 Å². The fourth-order valence-corrected chi connectivity index (χ4v) is 2.65. The quantitative estimate of drug-likeness (QED) is 0.854. The summed E-state index contributed by atoms with van der Waals surface area (Å²) in [6.07, 6.45) is 4.01. The van der Waals surface area contributed by atoms with Crippen LogP contribution in [0.5, 0.6) is 0 Å². The van der Waals surface area contributed by atoms with Gasteiger partial charge in [0.05, 0.1) is 0 Å². The topological polar surface area (TPSA) is 109 Å². The van der Waals surface area contributed by atoms with Gasteiger partial charge in [0.2, 0.25) is 5.82 Å². The maximum atomic E-state index is 12.3. The molecule has 1 amide bonds. The number of nitrogens with zero attached hydrogens (tertiary/aromatic N) is 4. The average molecular weight is 289 g/mol. The second-order valence-electron chi connectivity index (χ2n) is 5.28. The molecule has 8 nitrogen and oxygen atoms in total. The predicted molar refractivity (Wildman–Crippen MR) is 71.8 cm³/mol. The van der Waals surface area contributed by atoms with Crippen molar-refractivity contribution in [1.82, 2.24) is 24.9 Å². The van der Waals surface area contributed by atoms with Gasteiger partial charge in [0.1, 0.15) is 5.54 Å². The van der Waals surface area contributed by atoms with Crippen LogP contribution in [0.1, 0.15) is 42.0 Å². The molecule has 1 aliphatic rings. The zero-order valence-corrected chi connectivity index (χ0v) is 11.5. The third-order valence-electron chi connectivity index (χ3n) is 3.85. The molecule has 8 heteroatoms. The van der Waals surface area contributed by atoms with E-state index in [4.69, 9.17) is 0 Å². The second kappa shape index (κ2) is 4.80. The number of carboxylic acids is 1. The van der Waals surface area contributed by atoms with Crippen LogP contribution >= 0.6 is 0 Å². The van der Waals surface area contributed by atoms with Gasteiger partial charge >= 0.3 is 5.97 Å². The van der Waals surface area contributed by atoms with Crippen LogP contribution in [0.15, 0.2) is 12.3 Å². The van der Waals surface area contributed by atoms with Gasteiger partial charge in [-0.1, -0.05) is 12.8 Å². The highest BCUT2D eigenvalue weighted by Gasteiger charge is 2.43. The molecule has 0 unspecified atom stereocenters. The first-order chi connectivity index (χ1) is 10.0. The fraction of sp³-hybridized carbons (Fsp3) is 0.462.